The summed E-state index contributed by atoms with van der Waals surface area (Å²) in [6.45, 7) is 3.78. The number of carbonyl (C=O) groups excluding carboxylic acids is 1. The third-order valence-electron chi connectivity index (χ3n) is 3.48. The van der Waals surface area contributed by atoms with Gasteiger partial charge in [-0.25, -0.2) is 5.43 Å². The molecule has 126 valence electrons. The summed E-state index contributed by atoms with van der Waals surface area (Å²) in [4.78, 5) is 12.1. The fraction of sp³-hybridized carbons (Fsp3) is 0.222. The lowest BCUT2D eigenvalue weighted by Crippen LogP contribution is -2.35. The Morgan fingerprint density at radius 3 is 2.75 bits per heavy atom. The van der Waals surface area contributed by atoms with E-state index in [2.05, 4.69) is 31.8 Å². The minimum atomic E-state index is -0.410. The molecule has 0 aromatic heterocycles. The van der Waals surface area contributed by atoms with Crippen LogP contribution in [-0.2, 0) is 4.79 Å². The minimum absolute atomic E-state index is 0.219. The van der Waals surface area contributed by atoms with E-state index in [1.54, 1.807) is 20.2 Å². The number of hydrogen-bond acceptors (Lipinski definition) is 4. The number of para-hydroxylation sites is 1. The predicted octanol–water partition coefficient (Wildman–Crippen LogP) is 3.72. The van der Waals surface area contributed by atoms with E-state index in [0.717, 1.165) is 21.3 Å². The highest BCUT2D eigenvalue weighted by Crippen LogP contribution is 2.21. The van der Waals surface area contributed by atoms with Crippen molar-refractivity contribution in [3.63, 3.8) is 0 Å². The molecule has 0 spiro atoms. The number of benzene rings is 2. The van der Waals surface area contributed by atoms with Crippen molar-refractivity contribution in [3.8, 4) is 5.75 Å². The number of hydrazone groups is 1. The molecular weight excluding hydrogens is 370 g/mol. The Morgan fingerprint density at radius 2 is 2.04 bits per heavy atom. The molecule has 0 fully saturated rings. The number of halogens is 1. The molecule has 0 aliphatic heterocycles. The Bertz CT molecular complexity index is 747. The van der Waals surface area contributed by atoms with Gasteiger partial charge in [0, 0.05) is 15.7 Å². The maximum absolute atomic E-state index is 12.1. The molecule has 0 saturated carbocycles. The highest BCUT2D eigenvalue weighted by molar-refractivity contribution is 9.10. The summed E-state index contributed by atoms with van der Waals surface area (Å²) >= 11 is 3.40. The first-order chi connectivity index (χ1) is 11.5. The third kappa shape index (κ3) is 4.83. The van der Waals surface area contributed by atoms with E-state index in [1.807, 2.05) is 49.4 Å². The molecule has 0 saturated heterocycles. The molecule has 5 nitrogen and oxygen atoms in total. The number of rotatable bonds is 6. The zero-order valence-corrected chi connectivity index (χ0v) is 15.4. The van der Waals surface area contributed by atoms with Gasteiger partial charge >= 0.3 is 0 Å². The van der Waals surface area contributed by atoms with Gasteiger partial charge in [0.1, 0.15) is 11.8 Å². The largest absolute Gasteiger partial charge is 0.496 e. The normalized spacial score (nSPS) is 12.0. The molecule has 0 bridgehead atoms. The van der Waals surface area contributed by atoms with Crippen molar-refractivity contribution in [2.45, 2.75) is 19.9 Å². The molecule has 0 heterocycles. The van der Waals surface area contributed by atoms with Gasteiger partial charge in [-0.05, 0) is 43.7 Å². The number of hydrogen-bond donors (Lipinski definition) is 2. The minimum Gasteiger partial charge on any atom is -0.496 e. The van der Waals surface area contributed by atoms with Gasteiger partial charge in [-0.15, -0.1) is 0 Å². The van der Waals surface area contributed by atoms with Crippen molar-refractivity contribution in [3.05, 3.63) is 58.1 Å². The molecule has 1 unspecified atom stereocenters. The first kappa shape index (κ1) is 18.0. The van der Waals surface area contributed by atoms with Crippen molar-refractivity contribution in [1.29, 1.82) is 0 Å². The molecule has 24 heavy (non-hydrogen) atoms. The van der Waals surface area contributed by atoms with Gasteiger partial charge in [-0.3, -0.25) is 4.79 Å². The number of nitrogens with one attached hydrogen (secondary N) is 2. The second-order valence-corrected chi connectivity index (χ2v) is 6.22. The molecule has 0 aliphatic rings. The van der Waals surface area contributed by atoms with Crippen LogP contribution in [0.1, 0.15) is 18.1 Å². The van der Waals surface area contributed by atoms with Crippen LogP contribution >= 0.6 is 15.9 Å². The summed E-state index contributed by atoms with van der Waals surface area (Å²) in [5.74, 6) is 0.464. The predicted molar refractivity (Wildman–Crippen MR) is 101 cm³/mol. The fourth-order valence-electron chi connectivity index (χ4n) is 2.10. The van der Waals surface area contributed by atoms with Crippen molar-refractivity contribution >= 4 is 33.7 Å². The molecule has 1 atom stereocenters. The topological polar surface area (TPSA) is 62.7 Å². The van der Waals surface area contributed by atoms with Crippen LogP contribution in [-0.4, -0.2) is 25.3 Å². The van der Waals surface area contributed by atoms with Gasteiger partial charge in [0.25, 0.3) is 5.91 Å². The van der Waals surface area contributed by atoms with E-state index >= 15 is 0 Å². The van der Waals surface area contributed by atoms with Crippen molar-refractivity contribution in [2.24, 2.45) is 5.10 Å². The molecule has 1 amide bonds. The second kappa shape index (κ2) is 8.49. The van der Waals surface area contributed by atoms with Crippen LogP contribution in [0.3, 0.4) is 0 Å². The van der Waals surface area contributed by atoms with Crippen LogP contribution in [0, 0.1) is 6.92 Å². The number of anilines is 1. The molecular formula is C18H20BrN3O2. The molecule has 0 aliphatic carbocycles. The van der Waals surface area contributed by atoms with Gasteiger partial charge in [0.15, 0.2) is 0 Å². The highest BCUT2D eigenvalue weighted by Gasteiger charge is 2.12. The van der Waals surface area contributed by atoms with Gasteiger partial charge in [-0.2, -0.15) is 5.10 Å². The van der Waals surface area contributed by atoms with Crippen LogP contribution in [0.4, 0.5) is 5.69 Å². The third-order valence-corrected chi connectivity index (χ3v) is 3.97. The van der Waals surface area contributed by atoms with Crippen molar-refractivity contribution in [1.82, 2.24) is 5.43 Å². The summed E-state index contributed by atoms with van der Waals surface area (Å²) in [6.07, 6.45) is 1.56. The monoisotopic (exact) mass is 389 g/mol. The molecule has 2 aromatic rings. The summed E-state index contributed by atoms with van der Waals surface area (Å²) < 4.78 is 6.17. The number of nitrogens with zero attached hydrogens (tertiary/aromatic N) is 1. The van der Waals surface area contributed by atoms with E-state index in [4.69, 9.17) is 4.74 Å². The van der Waals surface area contributed by atoms with Crippen LogP contribution in [0.25, 0.3) is 0 Å². The highest BCUT2D eigenvalue weighted by atomic mass is 79.9. The quantitative estimate of drug-likeness (QED) is 0.584. The number of carbonyl (C=O) groups is 1. The van der Waals surface area contributed by atoms with E-state index in [9.17, 15) is 4.79 Å². The number of methoxy groups -OCH3 is 1. The molecule has 6 heteroatoms. The number of aryl methyl sites for hydroxylation is 1. The summed E-state index contributed by atoms with van der Waals surface area (Å²) in [6, 6.07) is 13.0. The van der Waals surface area contributed by atoms with Gasteiger partial charge < -0.3 is 10.1 Å². The van der Waals surface area contributed by atoms with Crippen LogP contribution in [0.2, 0.25) is 0 Å². The lowest BCUT2D eigenvalue weighted by molar-refractivity contribution is -0.121. The van der Waals surface area contributed by atoms with Crippen molar-refractivity contribution in [2.75, 3.05) is 12.4 Å². The Morgan fingerprint density at radius 1 is 1.29 bits per heavy atom. The van der Waals surface area contributed by atoms with E-state index in [-0.39, 0.29) is 5.91 Å². The Balaban J connectivity index is 1.97. The van der Waals surface area contributed by atoms with E-state index in [1.165, 1.54) is 0 Å². The Labute approximate surface area is 150 Å². The van der Waals surface area contributed by atoms with E-state index in [0.29, 0.717) is 5.75 Å². The lowest BCUT2D eigenvalue weighted by Gasteiger charge is -2.15. The average Bonchev–Trinajstić information content (AvgIpc) is 2.57. The van der Waals surface area contributed by atoms with Gasteiger partial charge in [-0.1, -0.05) is 34.1 Å². The average molecular weight is 390 g/mol. The zero-order chi connectivity index (χ0) is 17.5. The number of ether oxygens (including phenoxy) is 1. The molecule has 2 aromatic carbocycles. The molecule has 0 radical (unpaired) electrons. The number of amides is 1. The first-order valence-corrected chi connectivity index (χ1v) is 8.29. The summed E-state index contributed by atoms with van der Waals surface area (Å²) in [5, 5.41) is 7.18. The van der Waals surface area contributed by atoms with Crippen LogP contribution in [0.5, 0.6) is 5.75 Å². The maximum Gasteiger partial charge on any atom is 0.262 e. The lowest BCUT2D eigenvalue weighted by atomic mass is 10.2. The Hall–Kier alpha value is -2.34. The van der Waals surface area contributed by atoms with Gasteiger partial charge in [0.05, 0.1) is 13.3 Å². The van der Waals surface area contributed by atoms with Crippen LogP contribution < -0.4 is 15.5 Å². The molecule has 2 rings (SSSR count). The second-order valence-electron chi connectivity index (χ2n) is 5.30. The smallest absolute Gasteiger partial charge is 0.262 e. The Kier molecular flexibility index (Phi) is 6.37. The van der Waals surface area contributed by atoms with E-state index < -0.39 is 6.04 Å². The standard InChI is InChI=1S/C18H20BrN3O2/c1-12-6-4-5-7-16(12)21-13(2)18(23)22-20-11-14-10-15(19)8-9-17(14)24-3/h4-11,13,21H,1-3H3,(H,22,23). The summed E-state index contributed by atoms with van der Waals surface area (Å²) in [7, 11) is 1.59. The van der Waals surface area contributed by atoms with Crippen LogP contribution in [0.15, 0.2) is 52.0 Å². The van der Waals surface area contributed by atoms with Gasteiger partial charge in [0.2, 0.25) is 0 Å². The maximum atomic E-state index is 12.1. The van der Waals surface area contributed by atoms with Crippen molar-refractivity contribution < 1.29 is 9.53 Å². The zero-order valence-electron chi connectivity index (χ0n) is 13.8. The molecule has 2 N–H and O–H groups in total. The SMILES string of the molecule is COc1ccc(Br)cc1C=NNC(=O)C(C)Nc1ccccc1C. The fourth-order valence-corrected chi connectivity index (χ4v) is 2.48. The first-order valence-electron chi connectivity index (χ1n) is 7.50. The summed E-state index contributed by atoms with van der Waals surface area (Å²) in [5.41, 5.74) is 5.32.